The molecule has 6 nitrogen and oxygen atoms in total. The summed E-state index contributed by atoms with van der Waals surface area (Å²) in [6, 6.07) is 15.0. The molecule has 3 N–H and O–H groups in total. The van der Waals surface area contributed by atoms with Crippen LogP contribution in [0.25, 0.3) is 0 Å². The van der Waals surface area contributed by atoms with Crippen molar-refractivity contribution >= 4 is 23.1 Å². The second kappa shape index (κ2) is 6.54. The van der Waals surface area contributed by atoms with Gasteiger partial charge in [0.15, 0.2) is 5.78 Å². The molecule has 2 heterocycles. The molecule has 32 heavy (non-hydrogen) atoms. The third-order valence-electron chi connectivity index (χ3n) is 6.47. The van der Waals surface area contributed by atoms with Gasteiger partial charge >= 0.3 is 0 Å². The third kappa shape index (κ3) is 2.50. The highest BCUT2D eigenvalue weighted by Gasteiger charge is 2.61. The molecule has 0 fully saturated rings. The summed E-state index contributed by atoms with van der Waals surface area (Å²) in [4.78, 5) is 28.8. The molecule has 1 atom stereocenters. The summed E-state index contributed by atoms with van der Waals surface area (Å²) in [6.45, 7) is 3.93. The van der Waals surface area contributed by atoms with Crippen molar-refractivity contribution in [3.05, 3.63) is 82.6 Å². The van der Waals surface area contributed by atoms with Crippen LogP contribution in [-0.4, -0.2) is 11.7 Å². The van der Waals surface area contributed by atoms with Crippen molar-refractivity contribution in [2.24, 2.45) is 11.1 Å². The summed E-state index contributed by atoms with van der Waals surface area (Å²) in [6.07, 6.45) is 0.653. The van der Waals surface area contributed by atoms with Gasteiger partial charge in [-0.15, -0.1) is 0 Å². The van der Waals surface area contributed by atoms with Crippen LogP contribution in [0.3, 0.4) is 0 Å². The minimum atomic E-state index is -1.62. The highest BCUT2D eigenvalue weighted by Crippen LogP contribution is 2.56. The molecule has 2 aromatic rings. The number of carbonyl (C=O) groups excluding carboxylic acids is 2. The maximum Gasteiger partial charge on any atom is 0.245 e. The summed E-state index contributed by atoms with van der Waals surface area (Å²) in [5, 5.41) is 13.1. The molecule has 5 rings (SSSR count). The average molecular weight is 428 g/mol. The van der Waals surface area contributed by atoms with E-state index >= 15 is 0 Å². The normalized spacial score (nSPS) is 23.8. The number of halogens is 1. The van der Waals surface area contributed by atoms with Crippen LogP contribution in [0.1, 0.15) is 32.3 Å². The first-order chi connectivity index (χ1) is 15.2. The monoisotopic (exact) mass is 428 g/mol. The Morgan fingerprint density at radius 1 is 1.12 bits per heavy atom. The van der Waals surface area contributed by atoms with Crippen molar-refractivity contribution in [2.45, 2.75) is 32.1 Å². The van der Waals surface area contributed by atoms with E-state index in [2.05, 4.69) is 11.4 Å². The highest BCUT2D eigenvalue weighted by atomic mass is 19.1. The summed E-state index contributed by atoms with van der Waals surface area (Å²) in [7, 11) is 0. The van der Waals surface area contributed by atoms with E-state index in [-0.39, 0.29) is 29.2 Å². The maximum atomic E-state index is 14.1. The summed E-state index contributed by atoms with van der Waals surface area (Å²) >= 11 is 0. The fraction of sp³-hybridized carbons (Fsp3) is 0.240. The zero-order chi connectivity index (χ0) is 22.8. The SMILES string of the molecule is CC1(C)CC(=O)C2=C(C1)N(c1cccc(F)c1)C(N)=C(C#N)C21C(=O)Nc2ccccc21. The van der Waals surface area contributed by atoms with Crippen LogP contribution >= 0.6 is 0 Å². The molecule has 2 aliphatic heterocycles. The van der Waals surface area contributed by atoms with E-state index in [0.717, 1.165) is 0 Å². The molecule has 0 saturated heterocycles. The Labute approximate surface area is 184 Å². The number of allylic oxidation sites excluding steroid dienone is 1. The van der Waals surface area contributed by atoms with E-state index in [1.807, 2.05) is 13.8 Å². The lowest BCUT2D eigenvalue weighted by Gasteiger charge is -2.46. The first kappa shape index (κ1) is 20.0. The number of carbonyl (C=O) groups is 2. The molecule has 0 saturated carbocycles. The van der Waals surface area contributed by atoms with Crippen LogP contribution in [0.4, 0.5) is 15.8 Å². The van der Waals surface area contributed by atoms with Gasteiger partial charge in [0, 0.05) is 28.9 Å². The molecule has 2 aromatic carbocycles. The number of nitrogens with zero attached hydrogens (tertiary/aromatic N) is 2. The molecule has 1 amide bonds. The first-order valence-electron chi connectivity index (χ1n) is 10.3. The number of nitrogens with one attached hydrogen (secondary N) is 1. The number of hydrogen-bond donors (Lipinski definition) is 2. The summed E-state index contributed by atoms with van der Waals surface area (Å²) < 4.78 is 14.1. The zero-order valence-corrected chi connectivity index (χ0v) is 17.7. The molecule has 0 bridgehead atoms. The predicted molar refractivity (Wildman–Crippen MR) is 118 cm³/mol. The molecule has 7 heteroatoms. The molecule has 0 aromatic heterocycles. The topological polar surface area (TPSA) is 99.2 Å². The second-order valence-electron chi connectivity index (χ2n) is 9.20. The molecule has 1 spiro atoms. The molecular formula is C25H21FN4O2. The number of para-hydroxylation sites is 1. The lowest BCUT2D eigenvalue weighted by atomic mass is 9.61. The molecule has 160 valence electrons. The van der Waals surface area contributed by atoms with Crippen molar-refractivity contribution in [3.63, 3.8) is 0 Å². The van der Waals surface area contributed by atoms with Gasteiger partial charge < -0.3 is 11.1 Å². The number of nitrogens with two attached hydrogens (primary N) is 1. The van der Waals surface area contributed by atoms with E-state index in [1.54, 1.807) is 41.3 Å². The maximum absolute atomic E-state index is 14.1. The van der Waals surface area contributed by atoms with Gasteiger partial charge in [-0.1, -0.05) is 38.1 Å². The first-order valence-corrected chi connectivity index (χ1v) is 10.3. The number of fused-ring (bicyclic) bond motifs is 3. The van der Waals surface area contributed by atoms with Crippen molar-refractivity contribution in [2.75, 3.05) is 10.2 Å². The molecule has 1 unspecified atom stereocenters. The Bertz CT molecular complexity index is 1320. The number of Topliss-reactive ketones (excluding diaryl/α,β-unsaturated/α-hetero) is 1. The van der Waals surface area contributed by atoms with Crippen LogP contribution in [0.5, 0.6) is 0 Å². The fourth-order valence-electron chi connectivity index (χ4n) is 5.28. The standard InChI is InChI=1S/C25H21FN4O2/c1-24(2)11-19-21(20(31)12-24)25(16-8-3-4-9-18(16)29-23(25)32)17(13-27)22(28)30(19)15-7-5-6-14(26)10-15/h3-10H,11-12,28H2,1-2H3,(H,29,32). The third-order valence-corrected chi connectivity index (χ3v) is 6.47. The lowest BCUT2D eigenvalue weighted by Crippen LogP contribution is -2.52. The number of ketones is 1. The number of anilines is 2. The van der Waals surface area contributed by atoms with Gasteiger partial charge in [0.2, 0.25) is 5.91 Å². The Morgan fingerprint density at radius 2 is 1.88 bits per heavy atom. The van der Waals surface area contributed by atoms with Gasteiger partial charge in [0.1, 0.15) is 23.1 Å². The molecule has 3 aliphatic rings. The summed E-state index contributed by atoms with van der Waals surface area (Å²) in [5.74, 6) is -1.14. The molecule has 1 aliphatic carbocycles. The van der Waals surface area contributed by atoms with E-state index in [9.17, 15) is 19.2 Å². The smallest absolute Gasteiger partial charge is 0.245 e. The van der Waals surface area contributed by atoms with Crippen molar-refractivity contribution < 1.29 is 14.0 Å². The van der Waals surface area contributed by atoms with Gasteiger partial charge in [-0.3, -0.25) is 14.5 Å². The van der Waals surface area contributed by atoms with E-state index in [4.69, 9.17) is 5.73 Å². The number of hydrogen-bond acceptors (Lipinski definition) is 5. The fourth-order valence-corrected chi connectivity index (χ4v) is 5.28. The molecule has 0 radical (unpaired) electrons. The summed E-state index contributed by atoms with van der Waals surface area (Å²) in [5.41, 5.74) is 6.76. The van der Waals surface area contributed by atoms with E-state index in [1.165, 1.54) is 12.1 Å². The van der Waals surface area contributed by atoms with Gasteiger partial charge in [-0.2, -0.15) is 5.26 Å². The Kier molecular flexibility index (Phi) is 4.09. The van der Waals surface area contributed by atoms with Gasteiger partial charge in [-0.25, -0.2) is 4.39 Å². The number of amides is 1. The van der Waals surface area contributed by atoms with Crippen LogP contribution in [0, 0.1) is 22.6 Å². The minimum absolute atomic E-state index is 0.0224. The number of benzene rings is 2. The van der Waals surface area contributed by atoms with Crippen LogP contribution in [0.15, 0.2) is 71.2 Å². The highest BCUT2D eigenvalue weighted by molar-refractivity contribution is 6.20. The quantitative estimate of drug-likeness (QED) is 0.718. The number of nitriles is 1. The second-order valence-corrected chi connectivity index (χ2v) is 9.20. The molecular weight excluding hydrogens is 407 g/mol. The zero-order valence-electron chi connectivity index (χ0n) is 17.7. The van der Waals surface area contributed by atoms with Crippen LogP contribution in [-0.2, 0) is 15.0 Å². The van der Waals surface area contributed by atoms with Gasteiger partial charge in [0.05, 0.1) is 11.3 Å². The van der Waals surface area contributed by atoms with E-state index < -0.39 is 22.6 Å². The minimum Gasteiger partial charge on any atom is -0.384 e. The van der Waals surface area contributed by atoms with Crippen LogP contribution < -0.4 is 16.0 Å². The van der Waals surface area contributed by atoms with Gasteiger partial charge in [0.25, 0.3) is 0 Å². The lowest BCUT2D eigenvalue weighted by molar-refractivity contribution is -0.123. The van der Waals surface area contributed by atoms with Crippen molar-refractivity contribution in [1.82, 2.24) is 0 Å². The Morgan fingerprint density at radius 3 is 2.59 bits per heavy atom. The number of rotatable bonds is 1. The largest absolute Gasteiger partial charge is 0.384 e. The Hall–Kier alpha value is -3.92. The Balaban J connectivity index is 1.91. The van der Waals surface area contributed by atoms with Crippen molar-refractivity contribution in [1.29, 1.82) is 5.26 Å². The van der Waals surface area contributed by atoms with Crippen LogP contribution in [0.2, 0.25) is 0 Å². The van der Waals surface area contributed by atoms with Crippen molar-refractivity contribution in [3.8, 4) is 6.07 Å². The van der Waals surface area contributed by atoms with Gasteiger partial charge in [-0.05, 0) is 36.1 Å². The van der Waals surface area contributed by atoms with E-state index in [0.29, 0.717) is 29.1 Å². The average Bonchev–Trinajstić information content (AvgIpc) is 2.99. The predicted octanol–water partition coefficient (Wildman–Crippen LogP) is 3.87.